The number of amides is 1. The first-order valence-corrected chi connectivity index (χ1v) is 5.58. The molecule has 3 N–H and O–H groups in total. The van der Waals surface area contributed by atoms with Crippen molar-refractivity contribution in [3.8, 4) is 12.3 Å². The van der Waals surface area contributed by atoms with Crippen LogP contribution in [0, 0.1) is 12.3 Å². The van der Waals surface area contributed by atoms with E-state index in [1.807, 2.05) is 0 Å². The van der Waals surface area contributed by atoms with Crippen LogP contribution in [0.2, 0.25) is 0 Å². The first-order valence-electron chi connectivity index (χ1n) is 5.58. The van der Waals surface area contributed by atoms with Crippen LogP contribution in [0.5, 0.6) is 0 Å². The summed E-state index contributed by atoms with van der Waals surface area (Å²) in [4.78, 5) is 11.7. The second-order valence-electron chi connectivity index (χ2n) is 4.63. The quantitative estimate of drug-likeness (QED) is 0.684. The van der Waals surface area contributed by atoms with Gasteiger partial charge in [-0.25, -0.2) is 0 Å². The maximum absolute atomic E-state index is 11.7. The lowest BCUT2D eigenvalue weighted by Gasteiger charge is -2.35. The van der Waals surface area contributed by atoms with Gasteiger partial charge in [-0.1, -0.05) is 19.3 Å². The molecule has 1 saturated carbocycles. The van der Waals surface area contributed by atoms with Gasteiger partial charge in [0.2, 0.25) is 5.91 Å². The summed E-state index contributed by atoms with van der Waals surface area (Å²) in [6.07, 6.45) is 11.1. The fourth-order valence-electron chi connectivity index (χ4n) is 2.07. The van der Waals surface area contributed by atoms with E-state index >= 15 is 0 Å². The van der Waals surface area contributed by atoms with Crippen molar-refractivity contribution in [3.63, 3.8) is 0 Å². The Morgan fingerprint density at radius 3 is 2.67 bits per heavy atom. The van der Waals surface area contributed by atoms with Crippen molar-refractivity contribution in [3.05, 3.63) is 0 Å². The Balaban J connectivity index is 2.45. The molecule has 0 aromatic carbocycles. The highest BCUT2D eigenvalue weighted by Gasteiger charge is 2.29. The van der Waals surface area contributed by atoms with Crippen molar-refractivity contribution < 1.29 is 4.79 Å². The average Bonchev–Trinajstić information content (AvgIpc) is 2.18. The Morgan fingerprint density at radius 2 is 2.13 bits per heavy atom. The lowest BCUT2D eigenvalue weighted by molar-refractivity contribution is -0.124. The van der Waals surface area contributed by atoms with E-state index in [2.05, 4.69) is 18.2 Å². The molecule has 1 unspecified atom stereocenters. The number of terminal acetylenes is 1. The van der Waals surface area contributed by atoms with Gasteiger partial charge < -0.3 is 11.1 Å². The second-order valence-corrected chi connectivity index (χ2v) is 4.63. The van der Waals surface area contributed by atoms with E-state index in [-0.39, 0.29) is 11.4 Å². The van der Waals surface area contributed by atoms with E-state index in [1.165, 1.54) is 19.3 Å². The van der Waals surface area contributed by atoms with Crippen molar-refractivity contribution in [2.75, 3.05) is 0 Å². The highest BCUT2D eigenvalue weighted by Crippen LogP contribution is 2.27. The van der Waals surface area contributed by atoms with Crippen LogP contribution in [-0.2, 0) is 4.79 Å². The van der Waals surface area contributed by atoms with Crippen LogP contribution >= 0.6 is 0 Å². The van der Waals surface area contributed by atoms with Crippen LogP contribution in [0.3, 0.4) is 0 Å². The summed E-state index contributed by atoms with van der Waals surface area (Å²) in [5.41, 5.74) is 5.58. The largest absolute Gasteiger partial charge is 0.350 e. The number of rotatable bonds is 3. The van der Waals surface area contributed by atoms with Gasteiger partial charge in [0.1, 0.15) is 0 Å². The number of nitrogens with two attached hydrogens (primary N) is 1. The number of carbonyl (C=O) groups is 1. The zero-order valence-electron chi connectivity index (χ0n) is 9.38. The van der Waals surface area contributed by atoms with Crippen LogP contribution in [0.4, 0.5) is 0 Å². The average molecular weight is 208 g/mol. The van der Waals surface area contributed by atoms with E-state index in [9.17, 15) is 4.79 Å². The molecule has 1 fully saturated rings. The van der Waals surface area contributed by atoms with Crippen LogP contribution in [0.15, 0.2) is 0 Å². The number of hydrogen-bond donors (Lipinski definition) is 2. The first kappa shape index (κ1) is 12.1. The predicted molar refractivity (Wildman–Crippen MR) is 61.1 cm³/mol. The molecular weight excluding hydrogens is 188 g/mol. The molecule has 0 aliphatic heterocycles. The maximum Gasteiger partial charge on any atom is 0.238 e. The Morgan fingerprint density at radius 1 is 1.53 bits per heavy atom. The van der Waals surface area contributed by atoms with Gasteiger partial charge in [-0.05, 0) is 19.8 Å². The Bertz CT molecular complexity index is 261. The predicted octanol–water partition coefficient (Wildman–Crippen LogP) is 1.18. The fraction of sp³-hybridized carbons (Fsp3) is 0.750. The molecule has 1 aliphatic rings. The Kier molecular flexibility index (Phi) is 4.16. The molecule has 84 valence electrons. The third-order valence-corrected chi connectivity index (χ3v) is 3.06. The van der Waals surface area contributed by atoms with Gasteiger partial charge in [0.25, 0.3) is 0 Å². The number of hydrogen-bond acceptors (Lipinski definition) is 2. The van der Waals surface area contributed by atoms with Gasteiger partial charge in [0.15, 0.2) is 0 Å². The third kappa shape index (κ3) is 3.56. The summed E-state index contributed by atoms with van der Waals surface area (Å²) in [7, 11) is 0. The lowest BCUT2D eigenvalue weighted by atomic mass is 9.83. The van der Waals surface area contributed by atoms with E-state index in [0.29, 0.717) is 6.42 Å². The highest BCUT2D eigenvalue weighted by atomic mass is 16.2. The number of nitrogens with one attached hydrogen (secondary N) is 1. The molecule has 3 heteroatoms. The topological polar surface area (TPSA) is 55.1 Å². The van der Waals surface area contributed by atoms with Crippen LogP contribution in [-0.4, -0.2) is 17.5 Å². The van der Waals surface area contributed by atoms with E-state index in [1.54, 1.807) is 0 Å². The summed E-state index contributed by atoms with van der Waals surface area (Å²) in [5.74, 6) is 2.30. The summed E-state index contributed by atoms with van der Waals surface area (Å²) < 4.78 is 0. The van der Waals surface area contributed by atoms with Crippen molar-refractivity contribution in [1.82, 2.24) is 5.32 Å². The van der Waals surface area contributed by atoms with Gasteiger partial charge in [-0.2, -0.15) is 0 Å². The molecular formula is C12H20N2O. The molecule has 0 aromatic heterocycles. The zero-order chi connectivity index (χ0) is 11.3. The standard InChI is InChI=1S/C12H20N2O/c1-3-7-10(13)11(15)14-12(2)8-5-4-6-9-12/h1,10H,4-9,13H2,2H3,(H,14,15). The SMILES string of the molecule is C#CCC(N)C(=O)NC1(C)CCCCC1. The molecule has 0 bridgehead atoms. The minimum atomic E-state index is -0.561. The molecule has 0 radical (unpaired) electrons. The van der Waals surface area contributed by atoms with Crippen molar-refractivity contribution in [2.24, 2.45) is 5.73 Å². The Hall–Kier alpha value is -1.01. The van der Waals surface area contributed by atoms with Crippen LogP contribution in [0.25, 0.3) is 0 Å². The molecule has 1 aliphatic carbocycles. The first-order chi connectivity index (χ1) is 7.07. The normalized spacial score (nSPS) is 21.4. The van der Waals surface area contributed by atoms with Gasteiger partial charge in [0.05, 0.1) is 6.04 Å². The monoisotopic (exact) mass is 208 g/mol. The van der Waals surface area contributed by atoms with Crippen molar-refractivity contribution in [1.29, 1.82) is 0 Å². The smallest absolute Gasteiger partial charge is 0.238 e. The summed E-state index contributed by atoms with van der Waals surface area (Å²) >= 11 is 0. The lowest BCUT2D eigenvalue weighted by Crippen LogP contribution is -2.52. The molecule has 0 heterocycles. The van der Waals surface area contributed by atoms with Gasteiger partial charge in [-0.15, -0.1) is 12.3 Å². The Labute approximate surface area is 91.8 Å². The van der Waals surface area contributed by atoms with Gasteiger partial charge in [-0.3, -0.25) is 4.79 Å². The van der Waals surface area contributed by atoms with Gasteiger partial charge in [0, 0.05) is 12.0 Å². The summed E-state index contributed by atoms with van der Waals surface area (Å²) in [5, 5.41) is 3.02. The molecule has 1 amide bonds. The third-order valence-electron chi connectivity index (χ3n) is 3.06. The van der Waals surface area contributed by atoms with Crippen molar-refractivity contribution in [2.45, 2.75) is 57.0 Å². The van der Waals surface area contributed by atoms with E-state index < -0.39 is 6.04 Å². The number of carbonyl (C=O) groups excluding carboxylic acids is 1. The maximum atomic E-state index is 11.7. The zero-order valence-corrected chi connectivity index (χ0v) is 9.38. The van der Waals surface area contributed by atoms with Crippen molar-refractivity contribution >= 4 is 5.91 Å². The minimum Gasteiger partial charge on any atom is -0.350 e. The van der Waals surface area contributed by atoms with E-state index in [4.69, 9.17) is 12.2 Å². The molecule has 1 atom stereocenters. The minimum absolute atomic E-state index is 0.0679. The molecule has 0 saturated heterocycles. The summed E-state index contributed by atoms with van der Waals surface area (Å²) in [6, 6.07) is -0.561. The van der Waals surface area contributed by atoms with Gasteiger partial charge >= 0.3 is 0 Å². The van der Waals surface area contributed by atoms with Crippen LogP contribution in [0.1, 0.15) is 45.4 Å². The van der Waals surface area contributed by atoms with E-state index in [0.717, 1.165) is 12.8 Å². The van der Waals surface area contributed by atoms with Crippen LogP contribution < -0.4 is 11.1 Å². The molecule has 0 spiro atoms. The second kappa shape index (κ2) is 5.18. The highest BCUT2D eigenvalue weighted by molar-refractivity contribution is 5.82. The molecule has 15 heavy (non-hydrogen) atoms. The fourth-order valence-corrected chi connectivity index (χ4v) is 2.07. The summed E-state index contributed by atoms with van der Waals surface area (Å²) in [6.45, 7) is 2.09. The molecule has 1 rings (SSSR count). The molecule has 3 nitrogen and oxygen atoms in total. The molecule has 0 aromatic rings.